The van der Waals surface area contributed by atoms with Crippen LogP contribution in [0.4, 0.5) is 14.5 Å². The third-order valence-corrected chi connectivity index (χ3v) is 6.79. The topological polar surface area (TPSA) is 72.0 Å². The lowest BCUT2D eigenvalue weighted by molar-refractivity contribution is -0.113. The molecule has 0 aromatic heterocycles. The summed E-state index contributed by atoms with van der Waals surface area (Å²) >= 11 is 7.26. The molecule has 7 nitrogen and oxygen atoms in total. The first-order chi connectivity index (χ1) is 15.5. The maximum atomic E-state index is 13.2. The molecule has 0 bridgehead atoms. The minimum atomic E-state index is -0.464. The Morgan fingerprint density at radius 1 is 1.19 bits per heavy atom. The summed E-state index contributed by atoms with van der Waals surface area (Å²) in [7, 11) is 0. The maximum absolute atomic E-state index is 13.2. The van der Waals surface area contributed by atoms with Gasteiger partial charge in [-0.25, -0.2) is 14.2 Å². The number of hydrogen-bond donors (Lipinski definition) is 3. The number of benzene rings is 2. The van der Waals surface area contributed by atoms with E-state index in [9.17, 15) is 13.6 Å². The number of amidine groups is 1. The van der Waals surface area contributed by atoms with Gasteiger partial charge in [0.15, 0.2) is 5.17 Å². The number of hydrazine groups is 1. The van der Waals surface area contributed by atoms with Gasteiger partial charge in [-0.05, 0) is 42.3 Å². The first-order valence-electron chi connectivity index (χ1n) is 9.95. The van der Waals surface area contributed by atoms with Crippen LogP contribution in [-0.2, 0) is 4.79 Å². The number of amides is 1. The standard InChI is InChI=1S/C21H19ClF2N6OS/c22-15-9-14(24)5-6-16(15)25-19(31)11-32-21-27-26-20-18-10-17(12-1-3-13(23)4-2-12)28-30(18)8-7-29(20)21/h1-9,17-18,20,26,28H,10-11H2,(H,25,31). The predicted octanol–water partition coefficient (Wildman–Crippen LogP) is 3.60. The van der Waals surface area contributed by atoms with Gasteiger partial charge in [0.1, 0.15) is 17.8 Å². The van der Waals surface area contributed by atoms with Gasteiger partial charge in [-0.2, -0.15) is 5.10 Å². The lowest BCUT2D eigenvalue weighted by Gasteiger charge is -2.36. The van der Waals surface area contributed by atoms with E-state index < -0.39 is 5.82 Å². The summed E-state index contributed by atoms with van der Waals surface area (Å²) in [6.07, 6.45) is 4.56. The summed E-state index contributed by atoms with van der Waals surface area (Å²) in [6.45, 7) is 0. The van der Waals surface area contributed by atoms with Crippen molar-refractivity contribution in [1.29, 1.82) is 0 Å². The summed E-state index contributed by atoms with van der Waals surface area (Å²) in [5.74, 6) is -0.866. The van der Waals surface area contributed by atoms with E-state index in [1.165, 1.54) is 36.0 Å². The number of fused-ring (bicyclic) bond motifs is 3. The molecule has 2 aromatic carbocycles. The van der Waals surface area contributed by atoms with Gasteiger partial charge in [-0.15, -0.1) is 0 Å². The number of nitrogens with zero attached hydrogens (tertiary/aromatic N) is 3. The number of nitrogens with one attached hydrogen (secondary N) is 3. The highest BCUT2D eigenvalue weighted by Gasteiger charge is 2.44. The maximum Gasteiger partial charge on any atom is 0.234 e. The third kappa shape index (κ3) is 4.13. The average molecular weight is 477 g/mol. The van der Waals surface area contributed by atoms with Crippen LogP contribution in [0.15, 0.2) is 60.0 Å². The van der Waals surface area contributed by atoms with Crippen LogP contribution >= 0.6 is 23.4 Å². The molecule has 3 heterocycles. The second-order valence-corrected chi connectivity index (χ2v) is 8.93. The van der Waals surface area contributed by atoms with Gasteiger partial charge in [-0.1, -0.05) is 35.5 Å². The smallest absolute Gasteiger partial charge is 0.234 e. The zero-order chi connectivity index (χ0) is 22.2. The van der Waals surface area contributed by atoms with Crippen LogP contribution in [0, 0.1) is 11.6 Å². The molecule has 0 aliphatic carbocycles. The van der Waals surface area contributed by atoms with Crippen molar-refractivity contribution in [2.45, 2.75) is 24.7 Å². The number of thioether (sulfide) groups is 1. The van der Waals surface area contributed by atoms with Gasteiger partial charge in [0.2, 0.25) is 5.91 Å². The fraction of sp³-hybridized carbons (Fsp3) is 0.238. The number of hydrazone groups is 1. The first-order valence-corrected chi connectivity index (χ1v) is 11.3. The summed E-state index contributed by atoms with van der Waals surface area (Å²) in [5.41, 5.74) is 7.98. The molecular weight excluding hydrogens is 458 g/mol. The van der Waals surface area contributed by atoms with Gasteiger partial charge >= 0.3 is 0 Å². The molecule has 3 aliphatic heterocycles. The summed E-state index contributed by atoms with van der Waals surface area (Å²) in [5, 5.41) is 9.94. The fourth-order valence-electron chi connectivity index (χ4n) is 3.97. The molecule has 166 valence electrons. The number of hydrogen-bond acceptors (Lipinski definition) is 7. The van der Waals surface area contributed by atoms with Gasteiger partial charge in [0.25, 0.3) is 0 Å². The van der Waals surface area contributed by atoms with Crippen molar-refractivity contribution in [2.24, 2.45) is 5.10 Å². The van der Waals surface area contributed by atoms with E-state index in [4.69, 9.17) is 11.6 Å². The highest BCUT2D eigenvalue weighted by Crippen LogP contribution is 2.35. The molecule has 1 fully saturated rings. The molecule has 3 atom stereocenters. The Kier molecular flexibility index (Phi) is 5.66. The SMILES string of the molecule is O=C(CSC1=NNC2C3CC(c4ccc(F)cc4)NN3C=CN12)Nc1ccc(F)cc1Cl. The van der Waals surface area contributed by atoms with Crippen LogP contribution in [-0.4, -0.2) is 38.9 Å². The molecule has 0 spiro atoms. The highest BCUT2D eigenvalue weighted by molar-refractivity contribution is 8.14. The minimum absolute atomic E-state index is 0.0648. The monoisotopic (exact) mass is 476 g/mol. The molecule has 2 aromatic rings. The summed E-state index contributed by atoms with van der Waals surface area (Å²) in [4.78, 5) is 14.3. The molecule has 1 amide bonds. The molecule has 3 aliphatic rings. The third-order valence-electron chi connectivity index (χ3n) is 5.51. The van der Waals surface area contributed by atoms with E-state index in [2.05, 4.69) is 21.3 Å². The summed E-state index contributed by atoms with van der Waals surface area (Å²) < 4.78 is 26.4. The predicted molar refractivity (Wildman–Crippen MR) is 120 cm³/mol. The van der Waals surface area contributed by atoms with Crippen molar-refractivity contribution in [3.63, 3.8) is 0 Å². The Balaban J connectivity index is 1.18. The fourth-order valence-corrected chi connectivity index (χ4v) is 4.96. The number of carbonyl (C=O) groups is 1. The highest BCUT2D eigenvalue weighted by atomic mass is 35.5. The molecule has 11 heteroatoms. The molecule has 3 unspecified atom stereocenters. The van der Waals surface area contributed by atoms with Gasteiger partial charge in [-0.3, -0.25) is 10.2 Å². The summed E-state index contributed by atoms with van der Waals surface area (Å²) in [6, 6.07) is 10.5. The zero-order valence-electron chi connectivity index (χ0n) is 16.6. The van der Waals surface area contributed by atoms with E-state index >= 15 is 0 Å². The van der Waals surface area contributed by atoms with Crippen molar-refractivity contribution >= 4 is 40.1 Å². The zero-order valence-corrected chi connectivity index (χ0v) is 18.2. The van der Waals surface area contributed by atoms with E-state index in [1.807, 2.05) is 22.3 Å². The van der Waals surface area contributed by atoms with Gasteiger partial charge in [0, 0.05) is 12.4 Å². The number of rotatable bonds is 4. The molecule has 32 heavy (non-hydrogen) atoms. The van der Waals surface area contributed by atoms with Crippen LogP contribution in [0.25, 0.3) is 0 Å². The lowest BCUT2D eigenvalue weighted by Crippen LogP contribution is -2.54. The van der Waals surface area contributed by atoms with Crippen LogP contribution in [0.1, 0.15) is 18.0 Å². The Labute approximate surface area is 192 Å². The molecule has 0 saturated carbocycles. The van der Waals surface area contributed by atoms with E-state index in [-0.39, 0.29) is 40.7 Å². The molecular formula is C21H19ClF2N6OS. The van der Waals surface area contributed by atoms with Crippen molar-refractivity contribution in [2.75, 3.05) is 11.1 Å². The molecule has 3 N–H and O–H groups in total. The number of carbonyl (C=O) groups excluding carboxylic acids is 1. The second kappa shape index (κ2) is 8.61. The van der Waals surface area contributed by atoms with Crippen LogP contribution in [0.2, 0.25) is 5.02 Å². The quantitative estimate of drug-likeness (QED) is 0.626. The molecule has 0 radical (unpaired) electrons. The van der Waals surface area contributed by atoms with Crippen LogP contribution in [0.5, 0.6) is 0 Å². The molecule has 5 rings (SSSR count). The average Bonchev–Trinajstić information content (AvgIpc) is 3.38. The van der Waals surface area contributed by atoms with E-state index in [0.717, 1.165) is 18.1 Å². The number of anilines is 1. The van der Waals surface area contributed by atoms with E-state index in [1.54, 1.807) is 12.1 Å². The van der Waals surface area contributed by atoms with Crippen LogP contribution < -0.4 is 16.2 Å². The van der Waals surface area contributed by atoms with Crippen molar-refractivity contribution in [3.8, 4) is 0 Å². The van der Waals surface area contributed by atoms with Crippen molar-refractivity contribution in [3.05, 3.63) is 77.1 Å². The normalized spacial score (nSPS) is 23.5. The van der Waals surface area contributed by atoms with Gasteiger partial charge in [0.05, 0.1) is 28.5 Å². The Morgan fingerprint density at radius 3 is 2.75 bits per heavy atom. The number of halogens is 3. The Hall–Kier alpha value is -2.82. The van der Waals surface area contributed by atoms with Crippen LogP contribution in [0.3, 0.4) is 0 Å². The Bertz CT molecular complexity index is 1100. The largest absolute Gasteiger partial charge is 0.324 e. The molecule has 1 saturated heterocycles. The minimum Gasteiger partial charge on any atom is -0.324 e. The Morgan fingerprint density at radius 2 is 1.97 bits per heavy atom. The first kappa shape index (κ1) is 21.0. The van der Waals surface area contributed by atoms with Gasteiger partial charge < -0.3 is 15.2 Å². The van der Waals surface area contributed by atoms with Crippen molar-refractivity contribution in [1.82, 2.24) is 20.8 Å². The second-order valence-electron chi connectivity index (χ2n) is 7.58. The lowest BCUT2D eigenvalue weighted by atomic mass is 10.00. The van der Waals surface area contributed by atoms with E-state index in [0.29, 0.717) is 10.9 Å². The van der Waals surface area contributed by atoms with Crippen molar-refractivity contribution < 1.29 is 13.6 Å².